The van der Waals surface area contributed by atoms with Gasteiger partial charge in [-0.05, 0) is 129 Å². The molecular weight excluding hydrogens is 649 g/mol. The molecular formula is C46H72O6. The number of allylic oxidation sites excluding steroid dienone is 1. The summed E-state index contributed by atoms with van der Waals surface area (Å²) in [6, 6.07) is 5.45. The molecule has 0 N–H and O–H groups in total. The van der Waals surface area contributed by atoms with E-state index in [1.54, 1.807) is 17.7 Å². The number of hydrogen-bond acceptors (Lipinski definition) is 6. The zero-order valence-corrected chi connectivity index (χ0v) is 33.9. The Hall–Kier alpha value is -2.05. The van der Waals surface area contributed by atoms with Crippen molar-refractivity contribution in [3.8, 4) is 11.5 Å². The minimum atomic E-state index is -0.308. The quantitative estimate of drug-likeness (QED) is 0.167. The van der Waals surface area contributed by atoms with Gasteiger partial charge in [-0.3, -0.25) is 0 Å². The van der Waals surface area contributed by atoms with Gasteiger partial charge in [-0.1, -0.05) is 79.4 Å². The van der Waals surface area contributed by atoms with Crippen molar-refractivity contribution in [3.63, 3.8) is 0 Å². The predicted octanol–water partition coefficient (Wildman–Crippen LogP) is 12.1. The fourth-order valence-electron chi connectivity index (χ4n) is 11.7. The van der Waals surface area contributed by atoms with Gasteiger partial charge in [0, 0.05) is 25.3 Å². The molecule has 1 aromatic carbocycles. The first-order chi connectivity index (χ1) is 25.1. The first-order valence-electron chi connectivity index (χ1n) is 21.7. The van der Waals surface area contributed by atoms with Gasteiger partial charge < -0.3 is 23.7 Å². The monoisotopic (exact) mass is 721 g/mol. The molecule has 6 nitrogen and oxygen atoms in total. The molecule has 0 aromatic heterocycles. The maximum atomic E-state index is 13.8. The average molecular weight is 721 g/mol. The highest BCUT2D eigenvalue weighted by molar-refractivity contribution is 5.90. The van der Waals surface area contributed by atoms with Crippen molar-refractivity contribution in [2.75, 3.05) is 13.2 Å². The van der Waals surface area contributed by atoms with Crippen molar-refractivity contribution in [2.24, 2.45) is 46.3 Å². The number of benzene rings is 1. The fourth-order valence-corrected chi connectivity index (χ4v) is 11.7. The van der Waals surface area contributed by atoms with Crippen LogP contribution in [-0.2, 0) is 14.2 Å². The van der Waals surface area contributed by atoms with Crippen LogP contribution in [0.25, 0.3) is 0 Å². The van der Waals surface area contributed by atoms with Gasteiger partial charge in [0.05, 0.1) is 18.8 Å². The highest BCUT2D eigenvalue weighted by Crippen LogP contribution is 2.67. The van der Waals surface area contributed by atoms with Crippen LogP contribution in [0.5, 0.6) is 11.5 Å². The summed E-state index contributed by atoms with van der Waals surface area (Å²) in [6.45, 7) is 17.9. The smallest absolute Gasteiger partial charge is 0.338 e. The van der Waals surface area contributed by atoms with Crippen LogP contribution in [0.2, 0.25) is 0 Å². The summed E-state index contributed by atoms with van der Waals surface area (Å²) in [5.41, 5.74) is 2.74. The second-order valence-corrected chi connectivity index (χ2v) is 18.1. The second kappa shape index (κ2) is 17.6. The Morgan fingerprint density at radius 1 is 0.808 bits per heavy atom. The van der Waals surface area contributed by atoms with E-state index < -0.39 is 0 Å². The van der Waals surface area contributed by atoms with Gasteiger partial charge in [-0.25, -0.2) is 4.79 Å². The number of esters is 1. The van der Waals surface area contributed by atoms with Crippen molar-refractivity contribution in [2.45, 2.75) is 176 Å². The Labute approximate surface area is 316 Å². The molecule has 6 heteroatoms. The molecule has 7 rings (SSSR count). The largest absolute Gasteiger partial charge is 0.465 e. The van der Waals surface area contributed by atoms with E-state index in [0.717, 1.165) is 93.3 Å². The number of fused-ring (bicyclic) bond motifs is 5. The maximum absolute atomic E-state index is 13.8. The maximum Gasteiger partial charge on any atom is 0.338 e. The van der Waals surface area contributed by atoms with Gasteiger partial charge in [-0.2, -0.15) is 0 Å². The van der Waals surface area contributed by atoms with E-state index >= 15 is 0 Å². The van der Waals surface area contributed by atoms with E-state index in [1.165, 1.54) is 51.4 Å². The molecule has 0 spiro atoms. The van der Waals surface area contributed by atoms with Crippen LogP contribution >= 0.6 is 0 Å². The van der Waals surface area contributed by atoms with E-state index in [-0.39, 0.29) is 30.1 Å². The van der Waals surface area contributed by atoms with E-state index in [9.17, 15) is 4.79 Å². The van der Waals surface area contributed by atoms with Gasteiger partial charge in [0.2, 0.25) is 0 Å². The molecule has 0 bridgehead atoms. The van der Waals surface area contributed by atoms with Gasteiger partial charge in [-0.15, -0.1) is 0 Å². The molecule has 10 unspecified atom stereocenters. The van der Waals surface area contributed by atoms with Crippen LogP contribution in [0.3, 0.4) is 0 Å². The third-order valence-electron chi connectivity index (χ3n) is 14.5. The summed E-state index contributed by atoms with van der Waals surface area (Å²) in [6.07, 6.45) is 21.6. The lowest BCUT2D eigenvalue weighted by molar-refractivity contribution is -0.109. The molecule has 5 fully saturated rings. The average Bonchev–Trinajstić information content (AvgIpc) is 3.50. The van der Waals surface area contributed by atoms with Crippen molar-refractivity contribution in [1.29, 1.82) is 0 Å². The molecule has 6 aliphatic rings. The molecule has 2 aliphatic heterocycles. The Morgan fingerprint density at radius 3 is 2.10 bits per heavy atom. The van der Waals surface area contributed by atoms with Gasteiger partial charge in [0.15, 0.2) is 12.6 Å². The minimum absolute atomic E-state index is 0.105. The number of carbonyl (C=O) groups is 1. The Balaban J connectivity index is 0.00000228. The SMILES string of the molecule is CC.CC(C)CCCC(C)C1CCC2C3CC=C4CC(OC(=O)c5cc(OC6CCCCO6)cc(OC6CCCCO6)c5)CCC4(C)C3CCC12C. The van der Waals surface area contributed by atoms with E-state index in [1.807, 2.05) is 19.9 Å². The van der Waals surface area contributed by atoms with E-state index in [4.69, 9.17) is 23.7 Å². The Kier molecular flexibility index (Phi) is 13.4. The van der Waals surface area contributed by atoms with Crippen LogP contribution in [0.4, 0.5) is 0 Å². The molecule has 3 saturated carbocycles. The summed E-state index contributed by atoms with van der Waals surface area (Å²) in [5, 5.41) is 0. The van der Waals surface area contributed by atoms with Crippen LogP contribution in [0.1, 0.15) is 168 Å². The highest BCUT2D eigenvalue weighted by Gasteiger charge is 2.59. The zero-order valence-electron chi connectivity index (χ0n) is 33.9. The molecule has 10 atom stereocenters. The predicted molar refractivity (Wildman–Crippen MR) is 208 cm³/mol. The molecule has 2 heterocycles. The summed E-state index contributed by atoms with van der Waals surface area (Å²) in [7, 11) is 0. The molecule has 4 aliphatic carbocycles. The lowest BCUT2D eigenvalue weighted by Crippen LogP contribution is -2.51. The third kappa shape index (κ3) is 8.74. The molecule has 2 saturated heterocycles. The summed E-state index contributed by atoms with van der Waals surface area (Å²) >= 11 is 0. The lowest BCUT2D eigenvalue weighted by Gasteiger charge is -2.58. The van der Waals surface area contributed by atoms with Crippen LogP contribution in [-0.4, -0.2) is 37.9 Å². The molecule has 0 radical (unpaired) electrons. The molecule has 292 valence electrons. The minimum Gasteiger partial charge on any atom is -0.465 e. The number of carbonyl (C=O) groups excluding carboxylic acids is 1. The number of ether oxygens (including phenoxy) is 5. The zero-order chi connectivity index (χ0) is 36.9. The van der Waals surface area contributed by atoms with Gasteiger partial charge in [0.1, 0.15) is 17.6 Å². The number of rotatable bonds is 11. The topological polar surface area (TPSA) is 63.2 Å². The summed E-state index contributed by atoms with van der Waals surface area (Å²) in [5.74, 6) is 5.81. The van der Waals surface area contributed by atoms with Crippen LogP contribution in [0, 0.1) is 46.3 Å². The Morgan fingerprint density at radius 2 is 1.48 bits per heavy atom. The first kappa shape index (κ1) is 39.6. The van der Waals surface area contributed by atoms with E-state index in [2.05, 4.69) is 40.7 Å². The second-order valence-electron chi connectivity index (χ2n) is 18.1. The standard InChI is InChI=1S/C44H66O6.C2H6/c1-29(2)11-10-12-30(3)37-17-18-38-36-16-15-32-27-33(19-21-43(32,4)39(36)20-22-44(37,38)5)50-42(45)31-25-34(48-40-13-6-8-23-46-40)28-35(26-31)49-41-14-7-9-24-47-41;1-2/h15,25-26,28-30,33,36-41H,6-14,16-24,27H2,1-5H3;1-2H3. The molecule has 52 heavy (non-hydrogen) atoms. The van der Waals surface area contributed by atoms with Crippen molar-refractivity contribution in [1.82, 2.24) is 0 Å². The van der Waals surface area contributed by atoms with Crippen LogP contribution < -0.4 is 9.47 Å². The van der Waals surface area contributed by atoms with Crippen LogP contribution in [0.15, 0.2) is 29.8 Å². The van der Waals surface area contributed by atoms with Gasteiger partial charge >= 0.3 is 5.97 Å². The lowest BCUT2D eigenvalue weighted by atomic mass is 9.47. The van der Waals surface area contributed by atoms with Crippen molar-refractivity contribution in [3.05, 3.63) is 35.4 Å². The normalized spacial score (nSPS) is 36.2. The van der Waals surface area contributed by atoms with Crippen molar-refractivity contribution >= 4 is 5.97 Å². The third-order valence-corrected chi connectivity index (χ3v) is 14.5. The highest BCUT2D eigenvalue weighted by atomic mass is 16.7. The van der Waals surface area contributed by atoms with Crippen molar-refractivity contribution < 1.29 is 28.5 Å². The van der Waals surface area contributed by atoms with E-state index in [0.29, 0.717) is 35.7 Å². The molecule has 1 aromatic rings. The summed E-state index contributed by atoms with van der Waals surface area (Å²) in [4.78, 5) is 13.8. The Bertz CT molecular complexity index is 1300. The van der Waals surface area contributed by atoms with Gasteiger partial charge in [0.25, 0.3) is 0 Å². The molecule has 0 amide bonds. The fraction of sp³-hybridized carbons (Fsp3) is 0.804. The number of hydrogen-bond donors (Lipinski definition) is 0. The summed E-state index contributed by atoms with van der Waals surface area (Å²) < 4.78 is 30.5. The first-order valence-corrected chi connectivity index (χ1v) is 21.7.